The fourth-order valence-electron chi connectivity index (χ4n) is 5.32. The minimum absolute atomic E-state index is 0.0442. The summed E-state index contributed by atoms with van der Waals surface area (Å²) < 4.78 is 15.2. The van der Waals surface area contributed by atoms with Crippen LogP contribution in [0, 0.1) is 11.2 Å². The number of amides is 1. The normalized spacial score (nSPS) is 20.7. The van der Waals surface area contributed by atoms with Crippen molar-refractivity contribution in [2.75, 3.05) is 26.2 Å². The van der Waals surface area contributed by atoms with E-state index in [9.17, 15) is 9.18 Å². The highest BCUT2D eigenvalue weighted by Gasteiger charge is 2.50. The molecule has 32 heavy (non-hydrogen) atoms. The molecule has 0 N–H and O–H groups in total. The first-order chi connectivity index (χ1) is 15.5. The summed E-state index contributed by atoms with van der Waals surface area (Å²) in [5.41, 5.74) is 1.64. The van der Waals surface area contributed by atoms with E-state index in [2.05, 4.69) is 44.3 Å². The van der Waals surface area contributed by atoms with Crippen molar-refractivity contribution in [3.05, 3.63) is 77.9 Å². The molecule has 0 bridgehead atoms. The molecule has 166 valence electrons. The first kappa shape index (κ1) is 20.8. The van der Waals surface area contributed by atoms with Crippen LogP contribution in [0.2, 0.25) is 0 Å². The SMILES string of the molecule is Cn1cnnc1C1CN(Cc2ccccc2)CC12CCN(C(=O)c1ccc(F)cn1)CC2. The number of hydrogen-bond acceptors (Lipinski definition) is 5. The molecule has 2 aliphatic heterocycles. The Morgan fingerprint density at radius 1 is 1.16 bits per heavy atom. The monoisotopic (exact) mass is 434 g/mol. The van der Waals surface area contributed by atoms with Crippen molar-refractivity contribution >= 4 is 5.91 Å². The first-order valence-electron chi connectivity index (χ1n) is 11.1. The molecule has 4 heterocycles. The molecule has 1 aromatic carbocycles. The number of likely N-dealkylation sites (tertiary alicyclic amines) is 2. The Morgan fingerprint density at radius 3 is 2.59 bits per heavy atom. The predicted molar refractivity (Wildman–Crippen MR) is 117 cm³/mol. The molecule has 1 spiro atoms. The summed E-state index contributed by atoms with van der Waals surface area (Å²) in [7, 11) is 2.00. The fraction of sp³-hybridized carbons (Fsp3) is 0.417. The van der Waals surface area contributed by atoms with E-state index in [-0.39, 0.29) is 17.2 Å². The minimum atomic E-state index is -0.435. The van der Waals surface area contributed by atoms with E-state index in [1.54, 1.807) is 6.33 Å². The molecular formula is C24H27FN6O. The van der Waals surface area contributed by atoms with Crippen LogP contribution in [0.25, 0.3) is 0 Å². The van der Waals surface area contributed by atoms with Crippen LogP contribution in [0.5, 0.6) is 0 Å². The molecule has 3 aromatic rings. The average Bonchev–Trinajstić information content (AvgIpc) is 3.38. The third kappa shape index (κ3) is 3.90. The summed E-state index contributed by atoms with van der Waals surface area (Å²) >= 11 is 0. The number of aryl methyl sites for hydroxylation is 1. The van der Waals surface area contributed by atoms with Gasteiger partial charge >= 0.3 is 0 Å². The van der Waals surface area contributed by atoms with Crippen LogP contribution in [-0.2, 0) is 13.6 Å². The highest BCUT2D eigenvalue weighted by Crippen LogP contribution is 2.49. The lowest BCUT2D eigenvalue weighted by Gasteiger charge is -2.42. The molecule has 0 saturated carbocycles. The number of hydrogen-bond donors (Lipinski definition) is 0. The van der Waals surface area contributed by atoms with Gasteiger partial charge < -0.3 is 9.47 Å². The summed E-state index contributed by atoms with van der Waals surface area (Å²) in [6, 6.07) is 13.3. The summed E-state index contributed by atoms with van der Waals surface area (Å²) in [5.74, 6) is 0.713. The number of pyridine rings is 1. The van der Waals surface area contributed by atoms with Crippen molar-refractivity contribution in [1.29, 1.82) is 0 Å². The van der Waals surface area contributed by atoms with Crippen LogP contribution in [0.15, 0.2) is 55.0 Å². The summed E-state index contributed by atoms with van der Waals surface area (Å²) in [4.78, 5) is 21.2. The fourth-order valence-corrected chi connectivity index (χ4v) is 5.32. The molecule has 2 aromatic heterocycles. The van der Waals surface area contributed by atoms with Gasteiger partial charge in [0.05, 0.1) is 6.20 Å². The van der Waals surface area contributed by atoms with Crippen molar-refractivity contribution < 1.29 is 9.18 Å². The van der Waals surface area contributed by atoms with Gasteiger partial charge in [0.2, 0.25) is 0 Å². The number of nitrogens with zero attached hydrogens (tertiary/aromatic N) is 6. The molecule has 8 heteroatoms. The molecule has 1 atom stereocenters. The lowest BCUT2D eigenvalue weighted by Crippen LogP contribution is -2.46. The van der Waals surface area contributed by atoms with Crippen LogP contribution in [0.3, 0.4) is 0 Å². The van der Waals surface area contributed by atoms with Gasteiger partial charge in [-0.05, 0) is 36.0 Å². The van der Waals surface area contributed by atoms with Crippen molar-refractivity contribution in [3.8, 4) is 0 Å². The molecular weight excluding hydrogens is 407 g/mol. The van der Waals surface area contributed by atoms with Crippen LogP contribution < -0.4 is 0 Å². The van der Waals surface area contributed by atoms with E-state index in [0.717, 1.165) is 44.5 Å². The van der Waals surface area contributed by atoms with Crippen LogP contribution >= 0.6 is 0 Å². The van der Waals surface area contributed by atoms with Gasteiger partial charge in [0.1, 0.15) is 23.7 Å². The zero-order valence-corrected chi connectivity index (χ0v) is 18.2. The largest absolute Gasteiger partial charge is 0.337 e. The van der Waals surface area contributed by atoms with Gasteiger partial charge in [0.25, 0.3) is 5.91 Å². The van der Waals surface area contributed by atoms with Crippen LogP contribution in [0.1, 0.15) is 40.6 Å². The molecule has 2 saturated heterocycles. The molecule has 2 fully saturated rings. The molecule has 0 aliphatic carbocycles. The topological polar surface area (TPSA) is 67.2 Å². The second kappa shape index (κ2) is 8.43. The molecule has 5 rings (SSSR count). The number of rotatable bonds is 4. The van der Waals surface area contributed by atoms with E-state index in [4.69, 9.17) is 0 Å². The number of halogens is 1. The second-order valence-electron chi connectivity index (χ2n) is 9.02. The van der Waals surface area contributed by atoms with E-state index in [1.807, 2.05) is 22.6 Å². The van der Waals surface area contributed by atoms with Gasteiger partial charge in [0, 0.05) is 45.7 Å². The summed E-state index contributed by atoms with van der Waals surface area (Å²) in [6.07, 6.45) is 4.65. The van der Waals surface area contributed by atoms with Gasteiger partial charge in [-0.3, -0.25) is 9.69 Å². The van der Waals surface area contributed by atoms with Gasteiger partial charge in [-0.1, -0.05) is 30.3 Å². The second-order valence-corrected chi connectivity index (χ2v) is 9.02. The molecule has 1 unspecified atom stereocenters. The number of carbonyl (C=O) groups is 1. The summed E-state index contributed by atoms with van der Waals surface area (Å²) in [6.45, 7) is 4.11. The Hall–Kier alpha value is -3.13. The Labute approximate surface area is 186 Å². The van der Waals surface area contributed by atoms with Crippen LogP contribution in [0.4, 0.5) is 4.39 Å². The van der Waals surface area contributed by atoms with Gasteiger partial charge in [0.15, 0.2) is 0 Å². The maximum absolute atomic E-state index is 13.2. The van der Waals surface area contributed by atoms with Crippen molar-refractivity contribution in [1.82, 2.24) is 29.5 Å². The smallest absolute Gasteiger partial charge is 0.272 e. The summed E-state index contributed by atoms with van der Waals surface area (Å²) in [5, 5.41) is 8.59. The Bertz CT molecular complexity index is 1080. The van der Waals surface area contributed by atoms with Gasteiger partial charge in [-0.2, -0.15) is 0 Å². The Kier molecular flexibility index (Phi) is 5.46. The number of carbonyl (C=O) groups excluding carboxylic acids is 1. The predicted octanol–water partition coefficient (Wildman–Crippen LogP) is 2.87. The van der Waals surface area contributed by atoms with E-state index in [0.29, 0.717) is 18.8 Å². The minimum Gasteiger partial charge on any atom is -0.337 e. The quantitative estimate of drug-likeness (QED) is 0.632. The van der Waals surface area contributed by atoms with Gasteiger partial charge in [-0.15, -0.1) is 10.2 Å². The van der Waals surface area contributed by atoms with E-state index in [1.165, 1.54) is 17.7 Å². The third-order valence-electron chi connectivity index (χ3n) is 7.02. The number of aromatic nitrogens is 4. The lowest BCUT2D eigenvalue weighted by molar-refractivity contribution is 0.0549. The molecule has 7 nitrogen and oxygen atoms in total. The highest BCUT2D eigenvalue weighted by molar-refractivity contribution is 5.92. The maximum Gasteiger partial charge on any atom is 0.272 e. The number of piperidine rings is 1. The van der Waals surface area contributed by atoms with Crippen molar-refractivity contribution in [2.24, 2.45) is 12.5 Å². The maximum atomic E-state index is 13.2. The van der Waals surface area contributed by atoms with Crippen molar-refractivity contribution in [3.63, 3.8) is 0 Å². The van der Waals surface area contributed by atoms with E-state index < -0.39 is 5.82 Å². The zero-order chi connectivity index (χ0) is 22.1. The zero-order valence-electron chi connectivity index (χ0n) is 18.2. The van der Waals surface area contributed by atoms with Gasteiger partial charge in [-0.25, -0.2) is 9.37 Å². The third-order valence-corrected chi connectivity index (χ3v) is 7.02. The molecule has 0 radical (unpaired) electrons. The Balaban J connectivity index is 1.34. The lowest BCUT2D eigenvalue weighted by atomic mass is 9.70. The van der Waals surface area contributed by atoms with Crippen LogP contribution in [-0.4, -0.2) is 61.6 Å². The first-order valence-corrected chi connectivity index (χ1v) is 11.1. The standard InChI is InChI=1S/C24H27FN6O/c1-29-17-27-28-22(29)20-15-30(14-18-5-3-2-4-6-18)16-24(20)9-11-31(12-10-24)23(32)21-8-7-19(25)13-26-21/h2-8,13,17,20H,9-12,14-16H2,1H3. The molecule has 1 amide bonds. The molecule has 2 aliphatic rings. The van der Waals surface area contributed by atoms with Crippen molar-refractivity contribution in [2.45, 2.75) is 25.3 Å². The average molecular weight is 435 g/mol. The number of benzene rings is 1. The highest BCUT2D eigenvalue weighted by atomic mass is 19.1. The van der Waals surface area contributed by atoms with E-state index >= 15 is 0 Å². The Morgan fingerprint density at radius 2 is 1.94 bits per heavy atom.